The Bertz CT molecular complexity index is 3370. The summed E-state index contributed by atoms with van der Waals surface area (Å²) in [6.45, 7) is 4.41. The van der Waals surface area contributed by atoms with Crippen LogP contribution in [-0.2, 0) is 0 Å². The molecule has 0 aliphatic carbocycles. The Morgan fingerprint density at radius 2 is 1.00 bits per heavy atom. The summed E-state index contributed by atoms with van der Waals surface area (Å²) in [5, 5.41) is 10.2. The summed E-state index contributed by atoms with van der Waals surface area (Å²) in [6.07, 6.45) is 2.28. The van der Waals surface area contributed by atoms with E-state index in [9.17, 15) is 4.39 Å². The van der Waals surface area contributed by atoms with E-state index in [-0.39, 0.29) is 5.82 Å². The van der Waals surface area contributed by atoms with Crippen molar-refractivity contribution in [1.82, 2.24) is 9.13 Å². The second-order valence-electron chi connectivity index (χ2n) is 13.9. The highest BCUT2D eigenvalue weighted by Crippen LogP contribution is 2.46. The number of rotatable bonds is 4. The van der Waals surface area contributed by atoms with Crippen LogP contribution in [0.5, 0.6) is 0 Å². The number of nitrogens with zero attached hydrogens (tertiary/aromatic N) is 2. The molecule has 0 unspecified atom stereocenters. The molecule has 0 fully saturated rings. The normalized spacial score (nSPS) is 13.2. The average Bonchev–Trinajstić information content (AvgIpc) is 3.93. The minimum atomic E-state index is -0.244. The fourth-order valence-corrected chi connectivity index (χ4v) is 11.2. The molecular weight excluding hydrogens is 688 g/mol. The minimum absolute atomic E-state index is 0.244. The molecule has 0 saturated heterocycles. The van der Waals surface area contributed by atoms with E-state index in [4.69, 9.17) is 0 Å². The largest absolute Gasteiger partial charge is 0.316 e. The van der Waals surface area contributed by atoms with Crippen molar-refractivity contribution in [1.29, 1.82) is 0 Å². The highest BCUT2D eigenvalue weighted by Gasteiger charge is 2.21. The van der Waals surface area contributed by atoms with Gasteiger partial charge in [-0.15, -0.1) is 22.7 Å². The zero-order valence-electron chi connectivity index (χ0n) is 29.0. The van der Waals surface area contributed by atoms with E-state index in [0.717, 1.165) is 33.4 Å². The maximum absolute atomic E-state index is 14.5. The molecule has 11 aromatic rings. The zero-order valence-corrected chi connectivity index (χ0v) is 30.7. The van der Waals surface area contributed by atoms with Crippen LogP contribution in [0, 0.1) is 5.82 Å². The van der Waals surface area contributed by atoms with Crippen LogP contribution >= 0.6 is 22.7 Å². The second kappa shape index (κ2) is 11.5. The molecule has 252 valence electrons. The lowest BCUT2D eigenvalue weighted by molar-refractivity contribution is 0.627. The lowest BCUT2D eigenvalue weighted by Gasteiger charge is -2.18. The van der Waals surface area contributed by atoms with Gasteiger partial charge in [0.15, 0.2) is 0 Å². The van der Waals surface area contributed by atoms with Crippen LogP contribution in [0.1, 0.15) is 19.4 Å². The second-order valence-corrected chi connectivity index (χ2v) is 16.0. The number of thiophene rings is 2. The van der Waals surface area contributed by atoms with Gasteiger partial charge in [0.25, 0.3) is 0 Å². The molecule has 0 N–H and O–H groups in total. The highest BCUT2D eigenvalue weighted by molar-refractivity contribution is 7.27. The van der Waals surface area contributed by atoms with Gasteiger partial charge in [-0.2, -0.15) is 0 Å². The highest BCUT2D eigenvalue weighted by atomic mass is 32.1. The summed E-state index contributed by atoms with van der Waals surface area (Å²) in [5.41, 5.74) is 8.86. The van der Waals surface area contributed by atoms with Gasteiger partial charge in [-0.05, 0) is 73.5 Å². The molecule has 0 radical (unpaired) electrons. The fourth-order valence-electron chi connectivity index (χ4n) is 8.71. The number of allylic oxidation sites excluding steroid dienone is 3. The molecule has 0 spiro atoms. The van der Waals surface area contributed by atoms with Crippen molar-refractivity contribution in [3.05, 3.63) is 163 Å². The first-order valence-electron chi connectivity index (χ1n) is 17.9. The molecular formula is C48H31FN2S2. The van der Waals surface area contributed by atoms with Gasteiger partial charge in [0.05, 0.1) is 22.1 Å². The summed E-state index contributed by atoms with van der Waals surface area (Å²) in [7, 11) is 0. The van der Waals surface area contributed by atoms with Crippen LogP contribution in [0.4, 0.5) is 4.39 Å². The van der Waals surface area contributed by atoms with Crippen molar-refractivity contribution >= 4 is 124 Å². The van der Waals surface area contributed by atoms with Gasteiger partial charge in [-0.3, -0.25) is 0 Å². The molecule has 4 aromatic heterocycles. The summed E-state index contributed by atoms with van der Waals surface area (Å²) < 4.78 is 24.5. The first-order chi connectivity index (χ1) is 26.0. The predicted molar refractivity (Wildman–Crippen MR) is 230 cm³/mol. The van der Waals surface area contributed by atoms with E-state index in [1.54, 1.807) is 12.1 Å². The molecule has 0 aliphatic heterocycles. The Labute approximate surface area is 312 Å². The van der Waals surface area contributed by atoms with Crippen molar-refractivity contribution in [2.45, 2.75) is 13.8 Å². The van der Waals surface area contributed by atoms with E-state index < -0.39 is 0 Å². The number of benzene rings is 7. The van der Waals surface area contributed by atoms with Gasteiger partial charge in [-0.1, -0.05) is 97.1 Å². The van der Waals surface area contributed by atoms with E-state index in [0.29, 0.717) is 0 Å². The van der Waals surface area contributed by atoms with Gasteiger partial charge in [-0.25, -0.2) is 4.39 Å². The molecule has 2 nitrogen and oxygen atoms in total. The van der Waals surface area contributed by atoms with Gasteiger partial charge >= 0.3 is 0 Å². The molecule has 0 bridgehead atoms. The number of hydrogen-bond acceptors (Lipinski definition) is 2. The zero-order chi connectivity index (χ0) is 35.4. The monoisotopic (exact) mass is 718 g/mol. The average molecular weight is 719 g/mol. The molecule has 0 aliphatic rings. The number of hydrogen-bond donors (Lipinski definition) is 0. The van der Waals surface area contributed by atoms with Gasteiger partial charge in [0.1, 0.15) is 5.82 Å². The lowest BCUT2D eigenvalue weighted by atomic mass is 9.97. The minimum Gasteiger partial charge on any atom is -0.316 e. The quantitative estimate of drug-likeness (QED) is 0.160. The maximum atomic E-state index is 14.5. The number of aromatic nitrogens is 2. The Hall–Kier alpha value is -6.01. The van der Waals surface area contributed by atoms with Crippen LogP contribution in [0.3, 0.4) is 0 Å². The van der Waals surface area contributed by atoms with Crippen LogP contribution < -0.4 is 0 Å². The Morgan fingerprint density at radius 1 is 0.491 bits per heavy atom. The Balaban J connectivity index is 1.21. The Kier molecular flexibility index (Phi) is 6.64. The first kappa shape index (κ1) is 30.6. The first-order valence-corrected chi connectivity index (χ1v) is 19.5. The van der Waals surface area contributed by atoms with Crippen molar-refractivity contribution in [2.75, 3.05) is 0 Å². The molecule has 11 rings (SSSR count). The van der Waals surface area contributed by atoms with Gasteiger partial charge in [0, 0.05) is 79.4 Å². The van der Waals surface area contributed by atoms with E-state index >= 15 is 0 Å². The smallest absolute Gasteiger partial charge is 0.123 e. The number of fused-ring (bicyclic) bond motifs is 14. The van der Waals surface area contributed by atoms with Gasteiger partial charge in [0.2, 0.25) is 0 Å². The molecule has 0 amide bonds. The summed E-state index contributed by atoms with van der Waals surface area (Å²) in [6, 6.07) is 50.9. The number of halogens is 1. The van der Waals surface area contributed by atoms with E-state index in [2.05, 4.69) is 151 Å². The molecule has 53 heavy (non-hydrogen) atoms. The summed E-state index contributed by atoms with van der Waals surface area (Å²) in [4.78, 5) is 0. The predicted octanol–water partition coefficient (Wildman–Crippen LogP) is 14.7. The Morgan fingerprint density at radius 3 is 1.64 bits per heavy atom. The van der Waals surface area contributed by atoms with Crippen molar-refractivity contribution in [3.63, 3.8) is 0 Å². The SMILES string of the molecule is CC(=C\n1c2ccccc2c2c3sc4ccccc4c3ccc21)/C(=C(\C)n1c2ccccc2c2c3sc4ccccc4c3ccc21)c1ccc(F)cc1. The lowest BCUT2D eigenvalue weighted by Crippen LogP contribution is -2.01. The molecule has 0 atom stereocenters. The van der Waals surface area contributed by atoms with Crippen LogP contribution in [-0.4, -0.2) is 9.13 Å². The van der Waals surface area contributed by atoms with E-state index in [1.165, 1.54) is 72.9 Å². The van der Waals surface area contributed by atoms with Crippen LogP contribution in [0.2, 0.25) is 0 Å². The third-order valence-corrected chi connectivity index (χ3v) is 13.4. The van der Waals surface area contributed by atoms with Crippen molar-refractivity contribution in [2.24, 2.45) is 0 Å². The summed E-state index contributed by atoms with van der Waals surface area (Å²) in [5.74, 6) is -0.244. The third-order valence-electron chi connectivity index (χ3n) is 10.9. The third kappa shape index (κ3) is 4.41. The van der Waals surface area contributed by atoms with Crippen molar-refractivity contribution in [3.8, 4) is 0 Å². The van der Waals surface area contributed by atoms with Crippen molar-refractivity contribution < 1.29 is 4.39 Å². The topological polar surface area (TPSA) is 9.86 Å². The van der Waals surface area contributed by atoms with E-state index in [1.807, 2.05) is 34.8 Å². The fraction of sp³-hybridized carbons (Fsp3) is 0.0417. The maximum Gasteiger partial charge on any atom is 0.123 e. The standard InChI is InChI=1S/C48H31FN2S2/c1-28(27-50-38-15-7-3-13-36(38)45-40(50)25-23-34-32-11-5-9-17-42(32)52-47(34)45)44(30-19-21-31(49)22-20-30)29(2)51-39-16-8-4-14-37(39)46-41(51)26-24-35-33-12-6-10-18-43(33)53-48(35)46/h3-27H,1-2H3/b28-27+,44-29-. The van der Waals surface area contributed by atoms with Crippen LogP contribution in [0.25, 0.3) is 101 Å². The molecule has 5 heteroatoms. The molecule has 7 aromatic carbocycles. The van der Waals surface area contributed by atoms with Gasteiger partial charge < -0.3 is 9.13 Å². The molecule has 4 heterocycles. The van der Waals surface area contributed by atoms with Crippen LogP contribution in [0.15, 0.2) is 151 Å². The molecule has 0 saturated carbocycles. The number of para-hydroxylation sites is 2. The summed E-state index contributed by atoms with van der Waals surface area (Å²) >= 11 is 3.73.